The van der Waals surface area contributed by atoms with E-state index < -0.39 is 5.97 Å². The Kier molecular flexibility index (Phi) is 3.95. The average Bonchev–Trinajstić information content (AvgIpc) is 2.79. The Hall–Kier alpha value is -2.16. The Morgan fingerprint density at radius 2 is 2.26 bits per heavy atom. The van der Waals surface area contributed by atoms with E-state index in [4.69, 9.17) is 0 Å². The van der Waals surface area contributed by atoms with Crippen LogP contribution in [0.25, 0.3) is 0 Å². The Balaban J connectivity index is 2.20. The van der Waals surface area contributed by atoms with E-state index in [0.29, 0.717) is 16.7 Å². The number of methoxy groups -OCH3 is 1. The van der Waals surface area contributed by atoms with Gasteiger partial charge in [-0.05, 0) is 18.7 Å². The van der Waals surface area contributed by atoms with Crippen molar-refractivity contribution in [3.63, 3.8) is 0 Å². The number of hydrogen-bond acceptors (Lipinski definition) is 7. The number of nitrogens with one attached hydrogen (secondary N) is 1. The van der Waals surface area contributed by atoms with E-state index in [1.165, 1.54) is 35.8 Å². The summed E-state index contributed by atoms with van der Waals surface area (Å²) < 4.78 is 6.00. The van der Waals surface area contributed by atoms with Crippen molar-refractivity contribution >= 4 is 17.7 Å². The average molecular weight is 281 g/mol. The number of nitrogens with zero attached hydrogens (tertiary/aromatic N) is 4. The van der Waals surface area contributed by atoms with Crippen LogP contribution >= 0.6 is 11.8 Å². The van der Waals surface area contributed by atoms with Crippen molar-refractivity contribution in [3.8, 4) is 0 Å². The first kappa shape index (κ1) is 13.3. The van der Waals surface area contributed by atoms with Crippen molar-refractivity contribution < 1.29 is 9.53 Å². The zero-order chi connectivity index (χ0) is 13.8. The molecule has 0 bridgehead atoms. The summed E-state index contributed by atoms with van der Waals surface area (Å²) in [6.45, 7) is 2.35. The van der Waals surface area contributed by atoms with E-state index in [1.54, 1.807) is 0 Å². The highest BCUT2D eigenvalue weighted by Gasteiger charge is 2.11. The molecule has 0 aromatic carbocycles. The molecule has 100 valence electrons. The second-order valence-corrected chi connectivity index (χ2v) is 4.38. The lowest BCUT2D eigenvalue weighted by molar-refractivity contribution is 0.0593. The van der Waals surface area contributed by atoms with Crippen molar-refractivity contribution in [3.05, 3.63) is 28.6 Å². The van der Waals surface area contributed by atoms with Crippen LogP contribution in [0.5, 0.6) is 0 Å². The van der Waals surface area contributed by atoms with Gasteiger partial charge >= 0.3 is 11.7 Å². The number of ether oxygens (including phenoxy) is 1. The third-order valence-electron chi connectivity index (χ3n) is 2.26. The number of rotatable bonds is 4. The summed E-state index contributed by atoms with van der Waals surface area (Å²) in [5, 5.41) is 7.27. The quantitative estimate of drug-likeness (QED) is 0.805. The fourth-order valence-corrected chi connectivity index (χ4v) is 2.14. The molecular weight excluding hydrogens is 270 g/mol. The van der Waals surface area contributed by atoms with Crippen molar-refractivity contribution in [2.75, 3.05) is 7.11 Å². The molecule has 9 heteroatoms. The monoisotopic (exact) mass is 281 g/mol. The number of aromatic amines is 1. The fourth-order valence-electron chi connectivity index (χ4n) is 1.33. The molecule has 19 heavy (non-hydrogen) atoms. The Morgan fingerprint density at radius 3 is 2.84 bits per heavy atom. The summed E-state index contributed by atoms with van der Waals surface area (Å²) in [5.74, 6) is -0.547. The molecule has 2 aromatic rings. The van der Waals surface area contributed by atoms with Crippen LogP contribution in [-0.4, -0.2) is 37.8 Å². The number of hydrogen-bond donors (Lipinski definition) is 1. The molecule has 0 aliphatic rings. The first-order valence-electron chi connectivity index (χ1n) is 5.39. The molecule has 0 aliphatic heterocycles. The minimum absolute atomic E-state index is 0.127. The van der Waals surface area contributed by atoms with Crippen LogP contribution in [0.2, 0.25) is 0 Å². The van der Waals surface area contributed by atoms with Gasteiger partial charge in [-0.3, -0.25) is 4.57 Å². The Morgan fingerprint density at radius 1 is 1.47 bits per heavy atom. The van der Waals surface area contributed by atoms with Crippen LogP contribution in [-0.2, 0) is 11.3 Å². The third kappa shape index (κ3) is 2.81. The zero-order valence-electron chi connectivity index (χ0n) is 10.3. The van der Waals surface area contributed by atoms with Crippen LogP contribution in [0, 0.1) is 0 Å². The van der Waals surface area contributed by atoms with Gasteiger partial charge in [0.05, 0.1) is 19.5 Å². The predicted octanol–water partition coefficient (Wildman–Crippen LogP) is 0.319. The minimum Gasteiger partial charge on any atom is -0.464 e. The highest BCUT2D eigenvalue weighted by atomic mass is 32.2. The summed E-state index contributed by atoms with van der Waals surface area (Å²) in [6.07, 6.45) is 2.74. The van der Waals surface area contributed by atoms with Gasteiger partial charge in [0.1, 0.15) is 5.03 Å². The summed E-state index contributed by atoms with van der Waals surface area (Å²) in [5.41, 5.74) is -0.147. The second kappa shape index (κ2) is 5.65. The molecule has 1 N–H and O–H groups in total. The molecule has 0 amide bonds. The maximum absolute atomic E-state index is 11.4. The van der Waals surface area contributed by atoms with E-state index in [1.807, 2.05) is 6.92 Å². The molecule has 2 rings (SSSR count). The predicted molar refractivity (Wildman–Crippen MR) is 66.0 cm³/mol. The van der Waals surface area contributed by atoms with Gasteiger partial charge < -0.3 is 4.74 Å². The first-order valence-corrected chi connectivity index (χ1v) is 6.20. The van der Waals surface area contributed by atoms with Gasteiger partial charge in [-0.1, -0.05) is 0 Å². The normalized spacial score (nSPS) is 10.4. The number of H-pyrrole nitrogens is 1. The molecule has 2 heterocycles. The topological polar surface area (TPSA) is 103 Å². The summed E-state index contributed by atoms with van der Waals surface area (Å²) in [7, 11) is 1.27. The van der Waals surface area contributed by atoms with Gasteiger partial charge in [-0.2, -0.15) is 0 Å². The van der Waals surface area contributed by atoms with E-state index in [0.717, 1.165) is 0 Å². The maximum atomic E-state index is 11.4. The minimum atomic E-state index is -0.547. The van der Waals surface area contributed by atoms with Crippen LogP contribution < -0.4 is 5.69 Å². The van der Waals surface area contributed by atoms with Gasteiger partial charge in [0.2, 0.25) is 0 Å². The van der Waals surface area contributed by atoms with Gasteiger partial charge in [0.25, 0.3) is 0 Å². The molecule has 0 saturated heterocycles. The lowest BCUT2D eigenvalue weighted by Crippen LogP contribution is -2.16. The molecule has 2 aromatic heterocycles. The maximum Gasteiger partial charge on any atom is 0.358 e. The molecular formula is C10H11N5O3S. The van der Waals surface area contributed by atoms with Gasteiger partial charge in [-0.15, -0.1) is 5.10 Å². The molecule has 0 saturated carbocycles. The SMILES string of the molecule is CCn1c(Sc2cnc(C(=O)OC)cn2)n[nH]c1=O. The zero-order valence-corrected chi connectivity index (χ0v) is 11.1. The first-order chi connectivity index (χ1) is 9.15. The Labute approximate surface area is 112 Å². The van der Waals surface area contributed by atoms with Gasteiger partial charge in [0.15, 0.2) is 10.9 Å². The van der Waals surface area contributed by atoms with Gasteiger partial charge in [0, 0.05) is 6.54 Å². The standard InChI is InChI=1S/C10H11N5O3S/c1-3-15-9(17)13-14-10(15)19-7-5-11-6(4-12-7)8(16)18-2/h4-5H,3H2,1-2H3,(H,13,17). The van der Waals surface area contributed by atoms with Gasteiger partial charge in [-0.25, -0.2) is 24.7 Å². The number of carbonyl (C=O) groups is 1. The van der Waals surface area contributed by atoms with Crippen molar-refractivity contribution in [2.45, 2.75) is 23.7 Å². The Bertz CT molecular complexity index is 633. The molecule has 0 radical (unpaired) electrons. The van der Waals surface area contributed by atoms with Crippen molar-refractivity contribution in [1.82, 2.24) is 24.7 Å². The number of aromatic nitrogens is 5. The fraction of sp³-hybridized carbons (Fsp3) is 0.300. The van der Waals surface area contributed by atoms with Crippen LogP contribution in [0.15, 0.2) is 27.4 Å². The van der Waals surface area contributed by atoms with E-state index in [9.17, 15) is 9.59 Å². The molecule has 0 spiro atoms. The lowest BCUT2D eigenvalue weighted by atomic mass is 10.5. The molecule has 8 nitrogen and oxygen atoms in total. The molecule has 0 fully saturated rings. The number of esters is 1. The van der Waals surface area contributed by atoms with E-state index in [2.05, 4.69) is 24.9 Å². The van der Waals surface area contributed by atoms with Crippen molar-refractivity contribution in [2.24, 2.45) is 0 Å². The van der Waals surface area contributed by atoms with E-state index >= 15 is 0 Å². The summed E-state index contributed by atoms with van der Waals surface area (Å²) >= 11 is 1.18. The smallest absolute Gasteiger partial charge is 0.358 e. The molecule has 0 atom stereocenters. The third-order valence-corrected chi connectivity index (χ3v) is 3.17. The molecule has 0 aliphatic carbocycles. The number of carbonyl (C=O) groups excluding carboxylic acids is 1. The van der Waals surface area contributed by atoms with Crippen LogP contribution in [0.4, 0.5) is 0 Å². The van der Waals surface area contributed by atoms with E-state index in [-0.39, 0.29) is 11.4 Å². The second-order valence-electron chi connectivity index (χ2n) is 3.39. The van der Waals surface area contributed by atoms with Crippen molar-refractivity contribution in [1.29, 1.82) is 0 Å². The molecule has 0 unspecified atom stereocenters. The van der Waals surface area contributed by atoms with Crippen LogP contribution in [0.1, 0.15) is 17.4 Å². The summed E-state index contributed by atoms with van der Waals surface area (Å²) in [6, 6.07) is 0. The highest BCUT2D eigenvalue weighted by molar-refractivity contribution is 7.99. The lowest BCUT2D eigenvalue weighted by Gasteiger charge is -2.02. The summed E-state index contributed by atoms with van der Waals surface area (Å²) in [4.78, 5) is 30.6. The largest absolute Gasteiger partial charge is 0.464 e. The highest BCUT2D eigenvalue weighted by Crippen LogP contribution is 2.21. The van der Waals surface area contributed by atoms with Crippen LogP contribution in [0.3, 0.4) is 0 Å².